The number of ether oxygens (including phenoxy) is 1. The normalized spacial score (nSPS) is 34.1. The van der Waals surface area contributed by atoms with Crippen molar-refractivity contribution in [3.63, 3.8) is 0 Å². The second-order valence-corrected chi connectivity index (χ2v) is 3.21. The molecule has 0 aromatic carbocycles. The van der Waals surface area contributed by atoms with Gasteiger partial charge < -0.3 is 9.84 Å². The highest BCUT2D eigenvalue weighted by Gasteiger charge is 2.22. The molecule has 0 aromatic heterocycles. The number of nitrogens with zero attached hydrogens (tertiary/aromatic N) is 1. The minimum Gasteiger partial charge on any atom is -0.395 e. The highest BCUT2D eigenvalue weighted by Crippen LogP contribution is 2.09. The molecule has 1 saturated heterocycles. The molecular formula is C8H17NO2. The summed E-state index contributed by atoms with van der Waals surface area (Å²) in [5.41, 5.74) is 0. The molecule has 2 unspecified atom stereocenters. The maximum Gasteiger partial charge on any atom is 0.0674 e. The van der Waals surface area contributed by atoms with Gasteiger partial charge in [-0.3, -0.25) is 4.90 Å². The van der Waals surface area contributed by atoms with Crippen LogP contribution < -0.4 is 0 Å². The average molecular weight is 159 g/mol. The minimum absolute atomic E-state index is 0.247. The highest BCUT2D eigenvalue weighted by atomic mass is 16.5. The van der Waals surface area contributed by atoms with Crippen LogP contribution >= 0.6 is 0 Å². The van der Waals surface area contributed by atoms with Crippen molar-refractivity contribution < 1.29 is 9.84 Å². The van der Waals surface area contributed by atoms with Gasteiger partial charge in [0.15, 0.2) is 0 Å². The molecule has 1 aliphatic heterocycles. The van der Waals surface area contributed by atoms with Crippen LogP contribution in [-0.2, 0) is 4.74 Å². The summed E-state index contributed by atoms with van der Waals surface area (Å²) in [5, 5.41) is 8.74. The third-order valence-electron chi connectivity index (χ3n) is 2.12. The molecule has 0 aromatic rings. The number of hydrogen-bond acceptors (Lipinski definition) is 3. The van der Waals surface area contributed by atoms with Crippen molar-refractivity contribution in [1.82, 2.24) is 4.90 Å². The standard InChI is InChI=1S/C8H17NO2/c1-7-6-11-8(2)5-9(7)3-4-10/h7-8,10H,3-6H2,1-2H3. The van der Waals surface area contributed by atoms with Crippen molar-refractivity contribution >= 4 is 0 Å². The van der Waals surface area contributed by atoms with Crippen molar-refractivity contribution in [2.45, 2.75) is 26.0 Å². The third-order valence-corrected chi connectivity index (χ3v) is 2.12. The summed E-state index contributed by atoms with van der Waals surface area (Å²) in [5.74, 6) is 0. The van der Waals surface area contributed by atoms with Crippen LogP contribution in [0.2, 0.25) is 0 Å². The predicted molar refractivity (Wildman–Crippen MR) is 43.5 cm³/mol. The Kier molecular flexibility index (Phi) is 3.30. The Labute approximate surface area is 68.0 Å². The Bertz CT molecular complexity index is 119. The van der Waals surface area contributed by atoms with Crippen molar-refractivity contribution in [2.75, 3.05) is 26.3 Å². The first kappa shape index (κ1) is 8.97. The largest absolute Gasteiger partial charge is 0.395 e. The van der Waals surface area contributed by atoms with Gasteiger partial charge in [-0.25, -0.2) is 0 Å². The summed E-state index contributed by atoms with van der Waals surface area (Å²) in [6, 6.07) is 0.457. The first-order chi connectivity index (χ1) is 5.24. The van der Waals surface area contributed by atoms with Gasteiger partial charge in [-0.1, -0.05) is 0 Å². The highest BCUT2D eigenvalue weighted by molar-refractivity contribution is 4.74. The van der Waals surface area contributed by atoms with Gasteiger partial charge in [0.2, 0.25) is 0 Å². The quantitative estimate of drug-likeness (QED) is 0.619. The summed E-state index contributed by atoms with van der Waals surface area (Å²) in [6.45, 7) is 6.95. The van der Waals surface area contributed by atoms with Gasteiger partial charge in [0.05, 0.1) is 19.3 Å². The van der Waals surface area contributed by atoms with Crippen LogP contribution in [-0.4, -0.2) is 48.5 Å². The zero-order chi connectivity index (χ0) is 8.27. The summed E-state index contributed by atoms with van der Waals surface area (Å²) in [4.78, 5) is 2.26. The van der Waals surface area contributed by atoms with E-state index in [1.54, 1.807) is 0 Å². The van der Waals surface area contributed by atoms with E-state index in [2.05, 4.69) is 18.7 Å². The van der Waals surface area contributed by atoms with E-state index in [1.165, 1.54) is 0 Å². The van der Waals surface area contributed by atoms with Gasteiger partial charge >= 0.3 is 0 Å². The fourth-order valence-corrected chi connectivity index (χ4v) is 1.41. The second kappa shape index (κ2) is 4.04. The number of aliphatic hydroxyl groups is 1. The smallest absolute Gasteiger partial charge is 0.0674 e. The van der Waals surface area contributed by atoms with E-state index in [0.29, 0.717) is 12.1 Å². The molecule has 2 atom stereocenters. The zero-order valence-electron chi connectivity index (χ0n) is 7.29. The molecule has 1 aliphatic rings. The predicted octanol–water partition coefficient (Wildman–Crippen LogP) is 0.0879. The molecule has 0 radical (unpaired) electrons. The van der Waals surface area contributed by atoms with Gasteiger partial charge in [-0.05, 0) is 13.8 Å². The molecule has 0 spiro atoms. The molecule has 3 nitrogen and oxygen atoms in total. The molecule has 66 valence electrons. The lowest BCUT2D eigenvalue weighted by Gasteiger charge is -2.36. The van der Waals surface area contributed by atoms with E-state index < -0.39 is 0 Å². The number of aliphatic hydroxyl groups excluding tert-OH is 1. The zero-order valence-corrected chi connectivity index (χ0v) is 7.29. The maximum absolute atomic E-state index is 8.74. The Balaban J connectivity index is 2.34. The Morgan fingerprint density at radius 3 is 2.91 bits per heavy atom. The second-order valence-electron chi connectivity index (χ2n) is 3.21. The molecule has 1 N–H and O–H groups in total. The van der Waals surface area contributed by atoms with Crippen molar-refractivity contribution in [3.05, 3.63) is 0 Å². The lowest BCUT2D eigenvalue weighted by Crippen LogP contribution is -2.48. The van der Waals surface area contributed by atoms with Gasteiger partial charge in [0, 0.05) is 19.1 Å². The Hall–Kier alpha value is -0.120. The Morgan fingerprint density at radius 2 is 2.27 bits per heavy atom. The van der Waals surface area contributed by atoms with Crippen LogP contribution in [0.3, 0.4) is 0 Å². The molecular weight excluding hydrogens is 142 g/mol. The SMILES string of the molecule is CC1CN(CCO)C(C)CO1. The van der Waals surface area contributed by atoms with Crippen molar-refractivity contribution in [3.8, 4) is 0 Å². The van der Waals surface area contributed by atoms with E-state index in [0.717, 1.165) is 19.7 Å². The van der Waals surface area contributed by atoms with E-state index in [4.69, 9.17) is 9.84 Å². The average Bonchev–Trinajstić information content (AvgIpc) is 1.98. The van der Waals surface area contributed by atoms with Crippen LogP contribution in [0.4, 0.5) is 0 Å². The number of rotatable bonds is 2. The lowest BCUT2D eigenvalue weighted by molar-refractivity contribution is -0.0531. The van der Waals surface area contributed by atoms with Crippen LogP contribution in [0, 0.1) is 0 Å². The van der Waals surface area contributed by atoms with Crippen molar-refractivity contribution in [2.24, 2.45) is 0 Å². The topological polar surface area (TPSA) is 32.7 Å². The van der Waals surface area contributed by atoms with Crippen LogP contribution in [0.5, 0.6) is 0 Å². The number of hydrogen-bond donors (Lipinski definition) is 1. The summed E-state index contributed by atoms with van der Waals surface area (Å²) < 4.78 is 5.44. The minimum atomic E-state index is 0.247. The van der Waals surface area contributed by atoms with Gasteiger partial charge in [0.25, 0.3) is 0 Å². The van der Waals surface area contributed by atoms with Gasteiger partial charge in [-0.2, -0.15) is 0 Å². The molecule has 0 saturated carbocycles. The number of morpholine rings is 1. The van der Waals surface area contributed by atoms with E-state index in [-0.39, 0.29) is 6.61 Å². The first-order valence-electron chi connectivity index (χ1n) is 4.20. The van der Waals surface area contributed by atoms with E-state index >= 15 is 0 Å². The summed E-state index contributed by atoms with van der Waals surface area (Å²) >= 11 is 0. The van der Waals surface area contributed by atoms with Crippen LogP contribution in [0.15, 0.2) is 0 Å². The molecule has 0 amide bonds. The van der Waals surface area contributed by atoms with E-state index in [1.807, 2.05) is 0 Å². The summed E-state index contributed by atoms with van der Waals surface area (Å²) in [7, 11) is 0. The molecule has 3 heteroatoms. The lowest BCUT2D eigenvalue weighted by atomic mass is 10.2. The fourth-order valence-electron chi connectivity index (χ4n) is 1.41. The summed E-state index contributed by atoms with van der Waals surface area (Å²) in [6.07, 6.45) is 0.317. The van der Waals surface area contributed by atoms with Gasteiger partial charge in [-0.15, -0.1) is 0 Å². The first-order valence-corrected chi connectivity index (χ1v) is 4.20. The van der Waals surface area contributed by atoms with Crippen LogP contribution in [0.25, 0.3) is 0 Å². The van der Waals surface area contributed by atoms with Crippen LogP contribution in [0.1, 0.15) is 13.8 Å². The number of β-amino-alcohol motifs (C(OH)–C–C–N with tert-alkyl or cyclic N) is 1. The van der Waals surface area contributed by atoms with E-state index in [9.17, 15) is 0 Å². The van der Waals surface area contributed by atoms with Crippen molar-refractivity contribution in [1.29, 1.82) is 0 Å². The molecule has 1 fully saturated rings. The molecule has 1 heterocycles. The maximum atomic E-state index is 8.74. The van der Waals surface area contributed by atoms with Gasteiger partial charge in [0.1, 0.15) is 0 Å². The monoisotopic (exact) mass is 159 g/mol. The molecule has 0 bridgehead atoms. The fraction of sp³-hybridized carbons (Fsp3) is 1.00. The molecule has 11 heavy (non-hydrogen) atoms. The molecule has 0 aliphatic carbocycles. The molecule has 1 rings (SSSR count). The Morgan fingerprint density at radius 1 is 1.55 bits per heavy atom. The third kappa shape index (κ3) is 2.43.